The lowest BCUT2D eigenvalue weighted by Crippen LogP contribution is -2.60. The molecule has 0 aliphatic carbocycles. The molecular weight excluding hydrogens is 581 g/mol. The van der Waals surface area contributed by atoms with Crippen molar-refractivity contribution in [1.82, 2.24) is 25.2 Å². The number of likely N-dealkylation sites (N-methyl/N-ethyl adjacent to an activating group) is 1. The maximum Gasteiger partial charge on any atom is 0.227 e. The number of phenolic OH excluding ortho intramolecular Hbond substituents is 1. The molecule has 228 valence electrons. The molecule has 3 atom stereocenters. The van der Waals surface area contributed by atoms with Gasteiger partial charge in [0.1, 0.15) is 34.8 Å². The predicted octanol–water partition coefficient (Wildman–Crippen LogP) is 5.11. The van der Waals surface area contributed by atoms with E-state index in [1.807, 2.05) is 19.2 Å². The number of ether oxygens (including phenoxy) is 1. The molecule has 4 saturated heterocycles. The molecule has 4 fully saturated rings. The average Bonchev–Trinajstić information content (AvgIpc) is 3.67. The molecule has 0 saturated carbocycles. The second kappa shape index (κ2) is 9.76. The molecule has 0 spiro atoms. The topological polar surface area (TPSA) is 89.9 Å². The molecule has 2 bridgehead atoms. The lowest BCUT2D eigenvalue weighted by molar-refractivity contribution is 0.201. The Morgan fingerprint density at radius 3 is 2.82 bits per heavy atom. The minimum absolute atomic E-state index is 0.00261. The molecule has 0 radical (unpaired) electrons. The van der Waals surface area contributed by atoms with Crippen LogP contribution in [0.3, 0.4) is 0 Å². The first kappa shape index (κ1) is 26.9. The second-order valence-corrected chi connectivity index (χ2v) is 13.7. The highest BCUT2D eigenvalue weighted by atomic mass is 35.5. The number of nitrogens with zero attached hydrogens (tertiary/aromatic N) is 6. The third-order valence-electron chi connectivity index (χ3n) is 10.8. The van der Waals surface area contributed by atoms with Gasteiger partial charge in [-0.15, -0.1) is 0 Å². The van der Waals surface area contributed by atoms with Gasteiger partial charge in [-0.25, -0.2) is 14.4 Å². The normalized spacial score (nSPS) is 25.2. The SMILES string of the molecule is CN(CC12CCCN1CCC2)c1nc2c3c(nc(-c4cc(O)cc5cccc(Cl)c45)c(F)c3n1)OCC1C3CCC(CN21)N3. The predicted molar refractivity (Wildman–Crippen MR) is 170 cm³/mol. The number of phenols is 1. The maximum atomic E-state index is 17.1. The van der Waals surface area contributed by atoms with Crippen LogP contribution in [0.2, 0.25) is 5.02 Å². The third-order valence-corrected chi connectivity index (χ3v) is 11.1. The van der Waals surface area contributed by atoms with Gasteiger partial charge in [-0.2, -0.15) is 4.98 Å². The Hall–Kier alpha value is -3.47. The fourth-order valence-corrected chi connectivity index (χ4v) is 9.11. The van der Waals surface area contributed by atoms with Gasteiger partial charge in [0, 0.05) is 53.7 Å². The molecule has 5 aliphatic heterocycles. The van der Waals surface area contributed by atoms with Gasteiger partial charge in [-0.3, -0.25) is 4.90 Å². The summed E-state index contributed by atoms with van der Waals surface area (Å²) in [6.45, 7) is 4.23. The summed E-state index contributed by atoms with van der Waals surface area (Å²) in [5.41, 5.74) is 0.745. The summed E-state index contributed by atoms with van der Waals surface area (Å²) in [6, 6.07) is 9.21. The van der Waals surface area contributed by atoms with E-state index < -0.39 is 5.82 Å². The molecule has 0 amide bonds. The van der Waals surface area contributed by atoms with Crippen molar-refractivity contribution in [2.24, 2.45) is 0 Å². The molecule has 11 heteroatoms. The van der Waals surface area contributed by atoms with Crippen LogP contribution >= 0.6 is 11.6 Å². The van der Waals surface area contributed by atoms with E-state index in [1.54, 1.807) is 12.1 Å². The maximum absolute atomic E-state index is 17.1. The summed E-state index contributed by atoms with van der Waals surface area (Å²) in [7, 11) is 2.03. The Kier molecular flexibility index (Phi) is 5.97. The van der Waals surface area contributed by atoms with E-state index in [1.165, 1.54) is 18.9 Å². The molecule has 9 nitrogen and oxygen atoms in total. The lowest BCUT2D eigenvalue weighted by atomic mass is 9.93. The highest BCUT2D eigenvalue weighted by Gasteiger charge is 2.46. The van der Waals surface area contributed by atoms with Gasteiger partial charge in [0.2, 0.25) is 11.8 Å². The van der Waals surface area contributed by atoms with Crippen molar-refractivity contribution in [1.29, 1.82) is 0 Å². The Bertz CT molecular complexity index is 1830. The Morgan fingerprint density at radius 1 is 1.14 bits per heavy atom. The molecule has 2 N–H and O–H groups in total. The van der Waals surface area contributed by atoms with E-state index in [0.29, 0.717) is 57.0 Å². The second-order valence-electron chi connectivity index (χ2n) is 13.3. The van der Waals surface area contributed by atoms with Crippen LogP contribution in [-0.4, -0.2) is 88.5 Å². The number of fused-ring (bicyclic) bond motifs is 7. The largest absolute Gasteiger partial charge is 0.508 e. The molecule has 3 unspecified atom stereocenters. The first-order chi connectivity index (χ1) is 21.4. The minimum Gasteiger partial charge on any atom is -0.508 e. The van der Waals surface area contributed by atoms with Crippen LogP contribution in [0.25, 0.3) is 32.9 Å². The standard InChI is InChI=1S/C33H35ClFN7O2/c1-40(17-33-9-3-11-41(33)12-4-10-33)32-38-29-26-30(39-32)42-15-19-7-8-23(36-19)24(42)16-44-31(26)37-28(27(29)35)21-14-20(43)13-18-5-2-6-22(34)25(18)21/h2,5-6,13-14,19,23-24,36,43H,3-4,7-12,15-17H2,1H3. The van der Waals surface area contributed by atoms with Crippen molar-refractivity contribution in [3.05, 3.63) is 41.2 Å². The highest BCUT2D eigenvalue weighted by molar-refractivity contribution is 6.36. The summed E-state index contributed by atoms with van der Waals surface area (Å²) in [4.78, 5) is 22.0. The third kappa shape index (κ3) is 3.93. The number of halogens is 2. The van der Waals surface area contributed by atoms with Crippen molar-refractivity contribution in [3.63, 3.8) is 0 Å². The fraction of sp³-hybridized carbons (Fsp3) is 0.485. The first-order valence-corrected chi connectivity index (χ1v) is 16.2. The van der Waals surface area contributed by atoms with Crippen molar-refractivity contribution in [3.8, 4) is 22.9 Å². The van der Waals surface area contributed by atoms with Gasteiger partial charge >= 0.3 is 0 Å². The molecule has 2 aromatic carbocycles. The molecule has 44 heavy (non-hydrogen) atoms. The zero-order valence-electron chi connectivity index (χ0n) is 24.7. The molecular formula is C33H35ClFN7O2. The Labute approximate surface area is 260 Å². The molecule has 5 aliphatic rings. The molecule has 4 aromatic rings. The van der Waals surface area contributed by atoms with E-state index in [2.05, 4.69) is 20.0 Å². The number of pyridine rings is 1. The highest BCUT2D eigenvalue weighted by Crippen LogP contribution is 2.46. The number of hydrogen-bond acceptors (Lipinski definition) is 9. The fourth-order valence-electron chi connectivity index (χ4n) is 8.82. The summed E-state index contributed by atoms with van der Waals surface area (Å²) < 4.78 is 23.5. The number of hydrogen-bond donors (Lipinski definition) is 2. The van der Waals surface area contributed by atoms with Crippen LogP contribution in [0.5, 0.6) is 11.6 Å². The first-order valence-electron chi connectivity index (χ1n) is 15.8. The quantitative estimate of drug-likeness (QED) is 0.325. The van der Waals surface area contributed by atoms with E-state index >= 15 is 4.39 Å². The number of anilines is 2. The number of aromatic hydroxyl groups is 1. The van der Waals surface area contributed by atoms with Crippen LogP contribution in [0.4, 0.5) is 16.2 Å². The van der Waals surface area contributed by atoms with Crippen molar-refractivity contribution in [2.75, 3.05) is 49.6 Å². The number of rotatable bonds is 4. The number of benzene rings is 2. The van der Waals surface area contributed by atoms with E-state index in [0.717, 1.165) is 51.9 Å². The smallest absolute Gasteiger partial charge is 0.227 e. The van der Waals surface area contributed by atoms with Crippen LogP contribution in [-0.2, 0) is 0 Å². The van der Waals surface area contributed by atoms with Crippen LogP contribution in [0.1, 0.15) is 38.5 Å². The molecule has 7 heterocycles. The van der Waals surface area contributed by atoms with Crippen molar-refractivity contribution in [2.45, 2.75) is 62.2 Å². The van der Waals surface area contributed by atoms with Gasteiger partial charge in [-0.1, -0.05) is 23.7 Å². The van der Waals surface area contributed by atoms with Crippen molar-refractivity contribution < 1.29 is 14.2 Å². The molecule has 9 rings (SSSR count). The monoisotopic (exact) mass is 615 g/mol. The number of aromatic nitrogens is 3. The van der Waals surface area contributed by atoms with E-state index in [-0.39, 0.29) is 34.6 Å². The molecule has 2 aromatic heterocycles. The van der Waals surface area contributed by atoms with Crippen molar-refractivity contribution >= 4 is 45.0 Å². The summed E-state index contributed by atoms with van der Waals surface area (Å²) in [5, 5.41) is 16.7. The van der Waals surface area contributed by atoms with Gasteiger partial charge in [-0.05, 0) is 75.2 Å². The van der Waals surface area contributed by atoms with Crippen LogP contribution < -0.4 is 19.9 Å². The van der Waals surface area contributed by atoms with Gasteiger partial charge in [0.15, 0.2) is 5.82 Å². The summed E-state index contributed by atoms with van der Waals surface area (Å²) >= 11 is 6.67. The van der Waals surface area contributed by atoms with Gasteiger partial charge < -0.3 is 25.0 Å². The minimum atomic E-state index is -0.574. The Balaban J connectivity index is 1.26. The number of piperazine rings is 1. The zero-order valence-corrected chi connectivity index (χ0v) is 25.4. The van der Waals surface area contributed by atoms with Crippen LogP contribution in [0.15, 0.2) is 30.3 Å². The average molecular weight is 616 g/mol. The lowest BCUT2D eigenvalue weighted by Gasteiger charge is -2.40. The van der Waals surface area contributed by atoms with E-state index in [4.69, 9.17) is 31.3 Å². The summed E-state index contributed by atoms with van der Waals surface area (Å²) in [6.07, 6.45) is 6.88. The Morgan fingerprint density at radius 2 is 1.98 bits per heavy atom. The summed E-state index contributed by atoms with van der Waals surface area (Å²) in [5.74, 6) is 0.939. The van der Waals surface area contributed by atoms with Gasteiger partial charge in [0.25, 0.3) is 0 Å². The van der Waals surface area contributed by atoms with Gasteiger partial charge in [0.05, 0.1) is 6.04 Å². The van der Waals surface area contributed by atoms with Crippen LogP contribution in [0, 0.1) is 5.82 Å². The number of nitrogens with one attached hydrogen (secondary N) is 1. The zero-order chi connectivity index (χ0) is 29.7. The van der Waals surface area contributed by atoms with E-state index in [9.17, 15) is 5.11 Å².